The molecule has 62 valence electrons. The van der Waals surface area contributed by atoms with E-state index in [9.17, 15) is 4.79 Å². The fourth-order valence-corrected chi connectivity index (χ4v) is 0.843. The lowest BCUT2D eigenvalue weighted by molar-refractivity contribution is 0.679. The van der Waals surface area contributed by atoms with Crippen LogP contribution in [0.3, 0.4) is 0 Å². The van der Waals surface area contributed by atoms with Gasteiger partial charge in [0.1, 0.15) is 0 Å². The Bertz CT molecular complexity index is 350. The molecule has 0 saturated heterocycles. The standard InChI is InChI=1S/C7H8N4O/c8-10-9-4-6-11-5-2-1-3-7(11)12/h1-3,5H,4,6H2. The van der Waals surface area contributed by atoms with Gasteiger partial charge in [-0.25, -0.2) is 0 Å². The second kappa shape index (κ2) is 4.20. The Kier molecular flexibility index (Phi) is 2.93. The molecule has 0 aliphatic heterocycles. The Hall–Kier alpha value is -1.74. The van der Waals surface area contributed by atoms with E-state index in [1.54, 1.807) is 18.3 Å². The summed E-state index contributed by atoms with van der Waals surface area (Å²) in [5, 5.41) is 3.33. The predicted octanol–water partition coefficient (Wildman–Crippen LogP) is 1.16. The lowest BCUT2D eigenvalue weighted by Gasteiger charge is -1.99. The molecule has 0 aliphatic rings. The summed E-state index contributed by atoms with van der Waals surface area (Å²) in [6.07, 6.45) is 1.66. The Balaban J connectivity index is 2.69. The van der Waals surface area contributed by atoms with Crippen LogP contribution >= 0.6 is 0 Å². The highest BCUT2D eigenvalue weighted by Gasteiger charge is 1.90. The molecule has 5 heteroatoms. The van der Waals surface area contributed by atoms with Gasteiger partial charge in [-0.3, -0.25) is 4.79 Å². The van der Waals surface area contributed by atoms with Crippen molar-refractivity contribution >= 4 is 0 Å². The molecule has 1 heterocycles. The van der Waals surface area contributed by atoms with Crippen LogP contribution in [0.25, 0.3) is 10.4 Å². The predicted molar refractivity (Wildman–Crippen MR) is 44.7 cm³/mol. The molecule has 0 bridgehead atoms. The van der Waals surface area contributed by atoms with Gasteiger partial charge in [0.05, 0.1) is 0 Å². The van der Waals surface area contributed by atoms with Crippen LogP contribution in [0.4, 0.5) is 0 Å². The fourth-order valence-electron chi connectivity index (χ4n) is 0.843. The fraction of sp³-hybridized carbons (Fsp3) is 0.286. The SMILES string of the molecule is [N-]=[N+]=NCCn1ccccc1=O. The molecule has 0 amide bonds. The molecular weight excluding hydrogens is 156 g/mol. The van der Waals surface area contributed by atoms with E-state index in [-0.39, 0.29) is 5.56 Å². The molecule has 0 fully saturated rings. The van der Waals surface area contributed by atoms with Gasteiger partial charge in [0, 0.05) is 30.3 Å². The zero-order valence-corrected chi connectivity index (χ0v) is 6.42. The molecule has 0 unspecified atom stereocenters. The van der Waals surface area contributed by atoms with Gasteiger partial charge in [-0.2, -0.15) is 0 Å². The Morgan fingerprint density at radius 3 is 3.08 bits per heavy atom. The van der Waals surface area contributed by atoms with E-state index in [0.717, 1.165) is 0 Å². The Morgan fingerprint density at radius 2 is 2.42 bits per heavy atom. The van der Waals surface area contributed by atoms with Crippen molar-refractivity contribution in [1.29, 1.82) is 0 Å². The van der Waals surface area contributed by atoms with E-state index in [1.165, 1.54) is 10.6 Å². The number of aromatic nitrogens is 1. The average molecular weight is 164 g/mol. The zero-order chi connectivity index (χ0) is 8.81. The molecule has 0 radical (unpaired) electrons. The molecule has 0 atom stereocenters. The maximum atomic E-state index is 11.0. The van der Waals surface area contributed by atoms with E-state index in [4.69, 9.17) is 5.53 Å². The van der Waals surface area contributed by atoms with Crippen molar-refractivity contribution < 1.29 is 0 Å². The minimum absolute atomic E-state index is 0.0781. The number of nitrogens with zero attached hydrogens (tertiary/aromatic N) is 4. The highest BCUT2D eigenvalue weighted by molar-refractivity contribution is 4.93. The second-order valence-electron chi connectivity index (χ2n) is 2.19. The summed E-state index contributed by atoms with van der Waals surface area (Å²) in [6.45, 7) is 0.740. The van der Waals surface area contributed by atoms with Crippen LogP contribution in [0.1, 0.15) is 0 Å². The second-order valence-corrected chi connectivity index (χ2v) is 2.19. The van der Waals surface area contributed by atoms with Gasteiger partial charge in [-0.1, -0.05) is 11.2 Å². The summed E-state index contributed by atoms with van der Waals surface area (Å²) >= 11 is 0. The van der Waals surface area contributed by atoms with Crippen LogP contribution in [0.15, 0.2) is 34.3 Å². The van der Waals surface area contributed by atoms with E-state index in [1.807, 2.05) is 0 Å². The third-order valence-electron chi connectivity index (χ3n) is 1.40. The molecule has 0 aromatic carbocycles. The average Bonchev–Trinajstić information content (AvgIpc) is 2.09. The monoisotopic (exact) mass is 164 g/mol. The van der Waals surface area contributed by atoms with Crippen molar-refractivity contribution in [2.75, 3.05) is 6.54 Å². The number of pyridine rings is 1. The summed E-state index contributed by atoms with van der Waals surface area (Å²) in [5.74, 6) is 0. The van der Waals surface area contributed by atoms with E-state index < -0.39 is 0 Å². The number of hydrogen-bond donors (Lipinski definition) is 0. The van der Waals surface area contributed by atoms with Crippen LogP contribution in [-0.2, 0) is 6.54 Å². The van der Waals surface area contributed by atoms with E-state index >= 15 is 0 Å². The maximum Gasteiger partial charge on any atom is 0.250 e. The van der Waals surface area contributed by atoms with Crippen LogP contribution in [-0.4, -0.2) is 11.1 Å². The van der Waals surface area contributed by atoms with Crippen molar-refractivity contribution in [1.82, 2.24) is 4.57 Å². The molecule has 0 spiro atoms. The first-order valence-electron chi connectivity index (χ1n) is 3.51. The van der Waals surface area contributed by atoms with Gasteiger partial charge in [0.25, 0.3) is 0 Å². The minimum atomic E-state index is -0.0781. The first-order chi connectivity index (χ1) is 5.84. The van der Waals surface area contributed by atoms with Crippen molar-refractivity contribution in [3.63, 3.8) is 0 Å². The minimum Gasteiger partial charge on any atom is -0.315 e. The number of rotatable bonds is 3. The first kappa shape index (κ1) is 8.36. The van der Waals surface area contributed by atoms with E-state index in [2.05, 4.69) is 10.0 Å². The van der Waals surface area contributed by atoms with Gasteiger partial charge in [-0.15, -0.1) is 0 Å². The summed E-state index contributed by atoms with van der Waals surface area (Å²) < 4.78 is 1.49. The van der Waals surface area contributed by atoms with E-state index in [0.29, 0.717) is 13.1 Å². The Morgan fingerprint density at radius 1 is 1.58 bits per heavy atom. The quantitative estimate of drug-likeness (QED) is 0.375. The van der Waals surface area contributed by atoms with Crippen LogP contribution in [0.2, 0.25) is 0 Å². The first-order valence-corrected chi connectivity index (χ1v) is 3.51. The molecule has 0 N–H and O–H groups in total. The van der Waals surface area contributed by atoms with Crippen molar-refractivity contribution in [3.05, 3.63) is 45.2 Å². The lowest BCUT2D eigenvalue weighted by Crippen LogP contribution is -2.18. The topological polar surface area (TPSA) is 70.8 Å². The summed E-state index contributed by atoms with van der Waals surface area (Å²) in [7, 11) is 0. The van der Waals surface area contributed by atoms with Gasteiger partial charge in [-0.05, 0) is 11.6 Å². The van der Waals surface area contributed by atoms with Crippen LogP contribution in [0.5, 0.6) is 0 Å². The highest BCUT2D eigenvalue weighted by atomic mass is 16.1. The molecule has 5 nitrogen and oxygen atoms in total. The zero-order valence-electron chi connectivity index (χ0n) is 6.42. The van der Waals surface area contributed by atoms with Crippen molar-refractivity contribution in [3.8, 4) is 0 Å². The third kappa shape index (κ3) is 2.14. The third-order valence-corrected chi connectivity index (χ3v) is 1.40. The molecule has 0 saturated carbocycles. The largest absolute Gasteiger partial charge is 0.315 e. The van der Waals surface area contributed by atoms with Crippen LogP contribution in [0, 0.1) is 0 Å². The van der Waals surface area contributed by atoms with Crippen molar-refractivity contribution in [2.45, 2.75) is 6.54 Å². The number of azide groups is 1. The Labute approximate surface area is 68.9 Å². The molecule has 1 aromatic heterocycles. The van der Waals surface area contributed by atoms with Gasteiger partial charge < -0.3 is 4.57 Å². The van der Waals surface area contributed by atoms with Gasteiger partial charge in [0.15, 0.2) is 0 Å². The van der Waals surface area contributed by atoms with Gasteiger partial charge in [0.2, 0.25) is 5.56 Å². The normalized spacial score (nSPS) is 9.00. The summed E-state index contributed by atoms with van der Waals surface area (Å²) in [5.41, 5.74) is 7.91. The number of hydrogen-bond acceptors (Lipinski definition) is 2. The van der Waals surface area contributed by atoms with Crippen LogP contribution < -0.4 is 5.56 Å². The van der Waals surface area contributed by atoms with Crippen molar-refractivity contribution in [2.24, 2.45) is 5.11 Å². The molecule has 1 aromatic rings. The van der Waals surface area contributed by atoms with Gasteiger partial charge >= 0.3 is 0 Å². The molecule has 0 aliphatic carbocycles. The molecule has 12 heavy (non-hydrogen) atoms. The maximum absolute atomic E-state index is 11.0. The lowest BCUT2D eigenvalue weighted by atomic mass is 10.4. The molecular formula is C7H8N4O. The summed E-state index contributed by atoms with van der Waals surface area (Å²) in [6, 6.07) is 4.90. The highest BCUT2D eigenvalue weighted by Crippen LogP contribution is 1.82. The smallest absolute Gasteiger partial charge is 0.250 e. The molecule has 1 rings (SSSR count). The summed E-state index contributed by atoms with van der Waals surface area (Å²) in [4.78, 5) is 13.6.